The Labute approximate surface area is 350 Å². The van der Waals surface area contributed by atoms with Gasteiger partial charge in [0.05, 0.1) is 25.2 Å². The number of allylic oxidation sites excluding steroid dienone is 16. The molecule has 3 unspecified atom stereocenters. The normalized spacial score (nSPS) is 14.3. The molecule has 0 aromatic carbocycles. The molecular formula is C51H85NO5. The topological polar surface area (TPSA) is 95.9 Å². The monoisotopic (exact) mass is 792 g/mol. The van der Waals surface area contributed by atoms with Crippen molar-refractivity contribution in [2.45, 2.75) is 206 Å². The number of ether oxygens (including phenoxy) is 1. The van der Waals surface area contributed by atoms with Crippen molar-refractivity contribution in [2.24, 2.45) is 0 Å². The Kier molecular flexibility index (Phi) is 41.4. The van der Waals surface area contributed by atoms with Gasteiger partial charge in [0.1, 0.15) is 6.10 Å². The number of hydrogen-bond donors (Lipinski definition) is 3. The van der Waals surface area contributed by atoms with Crippen LogP contribution in [0.2, 0.25) is 0 Å². The molecule has 1 amide bonds. The van der Waals surface area contributed by atoms with Crippen LogP contribution in [0.1, 0.15) is 188 Å². The SMILES string of the molecule is CC/C=C/C=C/C=C\C=C/C=C/CCCC(=O)OC(CCCCC/C=C/C=C/C=C/CCCCCCC)CC(=O)NC(CO)C(O)CCCCCCCCCCC. The number of unbranched alkanes of at least 4 members (excludes halogenated alkanes) is 17. The van der Waals surface area contributed by atoms with Crippen LogP contribution >= 0.6 is 0 Å². The molecule has 0 saturated carbocycles. The number of aliphatic hydroxyl groups excluding tert-OH is 2. The summed E-state index contributed by atoms with van der Waals surface area (Å²) in [6.45, 7) is 6.25. The Balaban J connectivity index is 4.84. The quantitative estimate of drug-likeness (QED) is 0.0327. The number of aliphatic hydroxyl groups is 2. The second-order valence-electron chi connectivity index (χ2n) is 15.3. The van der Waals surface area contributed by atoms with E-state index < -0.39 is 18.2 Å². The van der Waals surface area contributed by atoms with Crippen molar-refractivity contribution < 1.29 is 24.5 Å². The zero-order chi connectivity index (χ0) is 41.7. The smallest absolute Gasteiger partial charge is 0.306 e. The van der Waals surface area contributed by atoms with Gasteiger partial charge >= 0.3 is 5.97 Å². The van der Waals surface area contributed by atoms with E-state index >= 15 is 0 Å². The molecule has 0 rings (SSSR count). The van der Waals surface area contributed by atoms with Gasteiger partial charge in [0, 0.05) is 6.42 Å². The number of carbonyl (C=O) groups excluding carboxylic acids is 2. The number of nitrogens with one attached hydrogen (secondary N) is 1. The fourth-order valence-electron chi connectivity index (χ4n) is 6.34. The van der Waals surface area contributed by atoms with Gasteiger partial charge in [-0.15, -0.1) is 0 Å². The Morgan fingerprint density at radius 3 is 1.46 bits per heavy atom. The number of hydrogen-bond acceptors (Lipinski definition) is 5. The predicted octanol–water partition coefficient (Wildman–Crippen LogP) is 13.4. The molecule has 324 valence electrons. The number of esters is 1. The highest BCUT2D eigenvalue weighted by atomic mass is 16.5. The van der Waals surface area contributed by atoms with Crippen LogP contribution in [0.15, 0.2) is 97.2 Å². The standard InChI is InChI=1S/C51H85NO5/c1-4-7-10-13-16-19-21-23-24-25-27-28-31-33-36-39-42-47(57-51(56)44-41-38-35-32-29-26-22-20-17-14-11-8-5-2)45-50(55)52-48(46-53)49(54)43-40-37-34-30-18-15-12-9-6-3/h8,11,14,17,20-29,32,35,47-49,53-54H,4-7,9-10,12-13,15-16,18-19,30-31,33-34,36-46H2,1-3H3,(H,52,55)/b11-8+,17-14+,22-20-,23-21+,25-24+,28-27+,29-26-,35-32+. The largest absolute Gasteiger partial charge is 0.462 e. The lowest BCUT2D eigenvalue weighted by Crippen LogP contribution is -2.46. The molecule has 0 aliphatic heterocycles. The first-order valence-corrected chi connectivity index (χ1v) is 23.1. The molecule has 0 radical (unpaired) electrons. The molecule has 0 aromatic rings. The third-order valence-corrected chi connectivity index (χ3v) is 9.84. The molecule has 0 aliphatic carbocycles. The van der Waals surface area contributed by atoms with Crippen LogP contribution in [0.4, 0.5) is 0 Å². The average molecular weight is 792 g/mol. The summed E-state index contributed by atoms with van der Waals surface area (Å²) in [5, 5.41) is 23.6. The molecular weight excluding hydrogens is 707 g/mol. The van der Waals surface area contributed by atoms with E-state index in [1.165, 1.54) is 70.6 Å². The lowest BCUT2D eigenvalue weighted by atomic mass is 10.0. The molecule has 3 N–H and O–H groups in total. The maximum atomic E-state index is 13.1. The van der Waals surface area contributed by atoms with Crippen LogP contribution in [-0.4, -0.2) is 46.9 Å². The fraction of sp³-hybridized carbons (Fsp3) is 0.647. The zero-order valence-corrected chi connectivity index (χ0v) is 36.7. The summed E-state index contributed by atoms with van der Waals surface area (Å²) in [4.78, 5) is 26.0. The van der Waals surface area contributed by atoms with Crippen LogP contribution in [0.5, 0.6) is 0 Å². The molecule has 0 aromatic heterocycles. The van der Waals surface area contributed by atoms with Gasteiger partial charge in [0.25, 0.3) is 0 Å². The Morgan fingerprint density at radius 1 is 0.526 bits per heavy atom. The van der Waals surface area contributed by atoms with Gasteiger partial charge < -0.3 is 20.3 Å². The van der Waals surface area contributed by atoms with Gasteiger partial charge in [-0.1, -0.05) is 208 Å². The molecule has 0 aliphatic rings. The van der Waals surface area contributed by atoms with Crippen LogP contribution in [0.3, 0.4) is 0 Å². The van der Waals surface area contributed by atoms with Crippen molar-refractivity contribution in [2.75, 3.05) is 6.61 Å². The summed E-state index contributed by atoms with van der Waals surface area (Å²) in [5.41, 5.74) is 0. The first-order valence-electron chi connectivity index (χ1n) is 23.1. The molecule has 0 spiro atoms. The van der Waals surface area contributed by atoms with E-state index in [1.54, 1.807) is 0 Å². The maximum Gasteiger partial charge on any atom is 0.306 e. The highest BCUT2D eigenvalue weighted by Gasteiger charge is 2.24. The van der Waals surface area contributed by atoms with E-state index in [0.29, 0.717) is 19.3 Å². The van der Waals surface area contributed by atoms with E-state index in [1.807, 2.05) is 54.7 Å². The van der Waals surface area contributed by atoms with Crippen LogP contribution in [-0.2, 0) is 14.3 Å². The van der Waals surface area contributed by atoms with E-state index in [-0.39, 0.29) is 31.3 Å². The highest BCUT2D eigenvalue weighted by molar-refractivity contribution is 5.77. The molecule has 57 heavy (non-hydrogen) atoms. The zero-order valence-electron chi connectivity index (χ0n) is 36.7. The number of carbonyl (C=O) groups is 2. The molecule has 0 fully saturated rings. The van der Waals surface area contributed by atoms with Gasteiger partial charge in [-0.2, -0.15) is 0 Å². The summed E-state index contributed by atoms with van der Waals surface area (Å²) in [7, 11) is 0. The van der Waals surface area contributed by atoms with Crippen molar-refractivity contribution in [3.05, 3.63) is 97.2 Å². The third kappa shape index (κ3) is 39.4. The van der Waals surface area contributed by atoms with Crippen molar-refractivity contribution in [3.63, 3.8) is 0 Å². The van der Waals surface area contributed by atoms with Gasteiger partial charge in [-0.05, 0) is 64.2 Å². The van der Waals surface area contributed by atoms with Crippen molar-refractivity contribution in [3.8, 4) is 0 Å². The Hall–Kier alpha value is -3.22. The summed E-state index contributed by atoms with van der Waals surface area (Å²) < 4.78 is 5.85. The third-order valence-electron chi connectivity index (χ3n) is 9.84. The summed E-state index contributed by atoms with van der Waals surface area (Å²) in [5.74, 6) is -0.608. The minimum Gasteiger partial charge on any atom is -0.462 e. The highest BCUT2D eigenvalue weighted by Crippen LogP contribution is 2.16. The number of rotatable bonds is 39. The van der Waals surface area contributed by atoms with Crippen LogP contribution in [0, 0.1) is 0 Å². The summed E-state index contributed by atoms with van der Waals surface area (Å²) in [6, 6.07) is -0.731. The first kappa shape index (κ1) is 53.8. The lowest BCUT2D eigenvalue weighted by molar-refractivity contribution is -0.151. The second kappa shape index (κ2) is 43.9. The first-order chi connectivity index (χ1) is 28.0. The molecule has 3 atom stereocenters. The van der Waals surface area contributed by atoms with E-state index in [2.05, 4.69) is 68.6 Å². The van der Waals surface area contributed by atoms with Gasteiger partial charge in [-0.3, -0.25) is 9.59 Å². The molecule has 6 nitrogen and oxygen atoms in total. The van der Waals surface area contributed by atoms with E-state index in [0.717, 1.165) is 64.2 Å². The van der Waals surface area contributed by atoms with Crippen molar-refractivity contribution in [1.82, 2.24) is 5.32 Å². The Morgan fingerprint density at radius 2 is 0.947 bits per heavy atom. The fourth-order valence-corrected chi connectivity index (χ4v) is 6.34. The predicted molar refractivity (Wildman–Crippen MR) is 245 cm³/mol. The molecule has 0 saturated heterocycles. The van der Waals surface area contributed by atoms with Gasteiger partial charge in [0.2, 0.25) is 5.91 Å². The van der Waals surface area contributed by atoms with Crippen LogP contribution in [0.25, 0.3) is 0 Å². The van der Waals surface area contributed by atoms with Gasteiger partial charge in [0.15, 0.2) is 0 Å². The maximum absolute atomic E-state index is 13.1. The van der Waals surface area contributed by atoms with Crippen molar-refractivity contribution >= 4 is 11.9 Å². The second-order valence-corrected chi connectivity index (χ2v) is 15.3. The summed E-state index contributed by atoms with van der Waals surface area (Å²) in [6.07, 6.45) is 57.6. The molecule has 0 heterocycles. The molecule has 6 heteroatoms. The minimum atomic E-state index is -0.813. The van der Waals surface area contributed by atoms with Crippen molar-refractivity contribution in [1.29, 1.82) is 0 Å². The van der Waals surface area contributed by atoms with Gasteiger partial charge in [-0.25, -0.2) is 0 Å². The number of amides is 1. The minimum absolute atomic E-state index is 0.0201. The molecule has 0 bridgehead atoms. The van der Waals surface area contributed by atoms with E-state index in [9.17, 15) is 19.8 Å². The van der Waals surface area contributed by atoms with Crippen LogP contribution < -0.4 is 5.32 Å². The van der Waals surface area contributed by atoms with E-state index in [4.69, 9.17) is 4.74 Å². The summed E-state index contributed by atoms with van der Waals surface area (Å²) >= 11 is 0. The average Bonchev–Trinajstić information content (AvgIpc) is 3.20. The Bertz CT molecular complexity index is 1160. The lowest BCUT2D eigenvalue weighted by Gasteiger charge is -2.24.